The summed E-state index contributed by atoms with van der Waals surface area (Å²) in [4.78, 5) is 12.6. The highest BCUT2D eigenvalue weighted by molar-refractivity contribution is 6.31. The molecule has 0 radical (unpaired) electrons. The molecule has 2 aliphatic rings. The molecule has 2 heterocycles. The maximum Gasteiger partial charge on any atom is 0.255 e. The fraction of sp³-hybridized carbons (Fsp3) is 0.588. The lowest BCUT2D eigenvalue weighted by atomic mass is 9.99. The second kappa shape index (κ2) is 8.22. The number of hydrogen-bond acceptors (Lipinski definition) is 3. The van der Waals surface area contributed by atoms with Crippen LogP contribution in [0, 0.1) is 0 Å². The molecule has 0 saturated carbocycles. The second-order valence-corrected chi connectivity index (χ2v) is 6.71. The van der Waals surface area contributed by atoms with E-state index in [1.165, 1.54) is 12.8 Å². The van der Waals surface area contributed by atoms with Crippen LogP contribution in [-0.4, -0.2) is 30.6 Å². The van der Waals surface area contributed by atoms with Crippen molar-refractivity contribution >= 4 is 29.9 Å². The first-order chi connectivity index (χ1) is 10.7. The van der Waals surface area contributed by atoms with Gasteiger partial charge in [0.05, 0.1) is 12.2 Å². The van der Waals surface area contributed by atoms with Crippen LogP contribution in [0.25, 0.3) is 0 Å². The fourth-order valence-corrected chi connectivity index (χ4v) is 3.63. The Bertz CT molecular complexity index is 541. The molecule has 0 aromatic heterocycles. The summed E-state index contributed by atoms with van der Waals surface area (Å²) >= 11 is 6.05. The van der Waals surface area contributed by atoms with Crippen LogP contribution in [0.1, 0.15) is 49.4 Å². The van der Waals surface area contributed by atoms with Gasteiger partial charge in [0.15, 0.2) is 0 Å². The highest BCUT2D eigenvalue weighted by Gasteiger charge is 2.34. The lowest BCUT2D eigenvalue weighted by molar-refractivity contribution is 0.0920. The van der Waals surface area contributed by atoms with Crippen LogP contribution in [0.15, 0.2) is 18.2 Å². The molecule has 1 aromatic rings. The van der Waals surface area contributed by atoms with Gasteiger partial charge >= 0.3 is 0 Å². The number of benzene rings is 1. The average molecular weight is 359 g/mol. The number of ether oxygens (including phenoxy) is 1. The van der Waals surface area contributed by atoms with Gasteiger partial charge < -0.3 is 15.4 Å². The summed E-state index contributed by atoms with van der Waals surface area (Å²) < 4.78 is 5.67. The van der Waals surface area contributed by atoms with E-state index in [-0.39, 0.29) is 24.4 Å². The Labute approximate surface area is 148 Å². The molecular formula is C17H24Cl2N2O2. The summed E-state index contributed by atoms with van der Waals surface area (Å²) in [7, 11) is 0. The fourth-order valence-electron chi connectivity index (χ4n) is 3.46. The van der Waals surface area contributed by atoms with E-state index in [9.17, 15) is 4.79 Å². The molecule has 2 bridgehead atoms. The monoisotopic (exact) mass is 358 g/mol. The third-order valence-electron chi connectivity index (χ3n) is 4.46. The van der Waals surface area contributed by atoms with Gasteiger partial charge in [0.2, 0.25) is 0 Å². The first kappa shape index (κ1) is 18.4. The molecule has 0 aliphatic carbocycles. The van der Waals surface area contributed by atoms with Gasteiger partial charge in [-0.2, -0.15) is 0 Å². The van der Waals surface area contributed by atoms with Crippen LogP contribution in [0.5, 0.6) is 5.75 Å². The molecule has 6 heteroatoms. The molecule has 2 unspecified atom stereocenters. The molecule has 1 aromatic carbocycles. The van der Waals surface area contributed by atoms with Gasteiger partial charge in [0, 0.05) is 23.1 Å². The van der Waals surface area contributed by atoms with Crippen molar-refractivity contribution in [1.82, 2.24) is 10.6 Å². The highest BCUT2D eigenvalue weighted by atomic mass is 35.5. The molecule has 4 nitrogen and oxygen atoms in total. The first-order valence-electron chi connectivity index (χ1n) is 8.15. The van der Waals surface area contributed by atoms with Crippen molar-refractivity contribution in [3.8, 4) is 5.75 Å². The first-order valence-corrected chi connectivity index (χ1v) is 8.52. The highest BCUT2D eigenvalue weighted by Crippen LogP contribution is 2.28. The quantitative estimate of drug-likeness (QED) is 0.845. The van der Waals surface area contributed by atoms with E-state index in [1.807, 2.05) is 6.92 Å². The summed E-state index contributed by atoms with van der Waals surface area (Å²) in [6.07, 6.45) is 5.36. The predicted octanol–water partition coefficient (Wildman–Crippen LogP) is 3.56. The number of piperidine rings is 1. The van der Waals surface area contributed by atoms with Crippen molar-refractivity contribution in [3.05, 3.63) is 28.8 Å². The molecule has 2 aliphatic heterocycles. The van der Waals surface area contributed by atoms with Crippen molar-refractivity contribution in [2.24, 2.45) is 0 Å². The number of amides is 1. The van der Waals surface area contributed by atoms with Crippen LogP contribution < -0.4 is 15.4 Å². The number of fused-ring (bicyclic) bond motifs is 2. The van der Waals surface area contributed by atoms with E-state index in [2.05, 4.69) is 10.6 Å². The topological polar surface area (TPSA) is 50.4 Å². The van der Waals surface area contributed by atoms with Gasteiger partial charge in [-0.15, -0.1) is 12.4 Å². The summed E-state index contributed by atoms with van der Waals surface area (Å²) in [5, 5.41) is 7.30. The number of nitrogens with one attached hydrogen (secondary N) is 2. The Morgan fingerprint density at radius 2 is 2.04 bits per heavy atom. The lowest BCUT2D eigenvalue weighted by Crippen LogP contribution is -2.48. The van der Waals surface area contributed by atoms with Gasteiger partial charge in [-0.1, -0.05) is 18.5 Å². The van der Waals surface area contributed by atoms with Gasteiger partial charge in [-0.05, 0) is 50.3 Å². The zero-order valence-electron chi connectivity index (χ0n) is 13.3. The smallest absolute Gasteiger partial charge is 0.255 e. The van der Waals surface area contributed by atoms with Crippen LogP contribution in [0.4, 0.5) is 0 Å². The molecule has 0 spiro atoms. The van der Waals surface area contributed by atoms with E-state index >= 15 is 0 Å². The number of carbonyl (C=O) groups is 1. The maximum absolute atomic E-state index is 12.6. The van der Waals surface area contributed by atoms with Crippen molar-refractivity contribution in [3.63, 3.8) is 0 Å². The molecule has 2 N–H and O–H groups in total. The van der Waals surface area contributed by atoms with E-state index in [0.717, 1.165) is 19.3 Å². The molecule has 2 fully saturated rings. The summed E-state index contributed by atoms with van der Waals surface area (Å²) in [6, 6.07) is 6.58. The van der Waals surface area contributed by atoms with Gasteiger partial charge in [0.1, 0.15) is 5.75 Å². The van der Waals surface area contributed by atoms with Gasteiger partial charge in [-0.3, -0.25) is 4.79 Å². The summed E-state index contributed by atoms with van der Waals surface area (Å²) in [5.74, 6) is 0.528. The number of halogens is 2. The third-order valence-corrected chi connectivity index (χ3v) is 4.69. The maximum atomic E-state index is 12.6. The molecule has 23 heavy (non-hydrogen) atoms. The van der Waals surface area contributed by atoms with Crippen LogP contribution in [-0.2, 0) is 0 Å². The molecule has 3 rings (SSSR count). The summed E-state index contributed by atoms with van der Waals surface area (Å²) in [5.41, 5.74) is 0.534. The Balaban J connectivity index is 0.00000192. The molecule has 2 saturated heterocycles. The molecule has 2 atom stereocenters. The SMILES string of the molecule is CCCOc1ccc(Cl)cc1C(=O)NC1CC2CCC(C1)N2.Cl. The van der Waals surface area contributed by atoms with E-state index in [1.54, 1.807) is 18.2 Å². The summed E-state index contributed by atoms with van der Waals surface area (Å²) in [6.45, 7) is 2.64. The third kappa shape index (κ3) is 4.52. The second-order valence-electron chi connectivity index (χ2n) is 6.27. The normalized spacial score (nSPS) is 25.6. The Hall–Kier alpha value is -0.970. The van der Waals surface area contributed by atoms with Crippen molar-refractivity contribution in [1.29, 1.82) is 0 Å². The predicted molar refractivity (Wildman–Crippen MR) is 94.9 cm³/mol. The minimum absolute atomic E-state index is 0. The number of hydrogen-bond donors (Lipinski definition) is 2. The van der Waals surface area contributed by atoms with Gasteiger partial charge in [0.25, 0.3) is 5.91 Å². The molecule has 128 valence electrons. The lowest BCUT2D eigenvalue weighted by Gasteiger charge is -2.29. The van der Waals surface area contributed by atoms with Crippen molar-refractivity contribution < 1.29 is 9.53 Å². The number of carbonyl (C=O) groups excluding carboxylic acids is 1. The standard InChI is InChI=1S/C17H23ClN2O2.ClH/c1-2-7-22-16-6-3-11(18)8-15(16)17(21)20-14-9-12-4-5-13(10-14)19-12;/h3,6,8,12-14,19H,2,4-5,7,9-10H2,1H3,(H,20,21);1H. The van der Waals surface area contributed by atoms with E-state index < -0.39 is 0 Å². The average Bonchev–Trinajstić information content (AvgIpc) is 2.84. The van der Waals surface area contributed by atoms with Crippen LogP contribution >= 0.6 is 24.0 Å². The van der Waals surface area contributed by atoms with Crippen LogP contribution in [0.2, 0.25) is 5.02 Å². The minimum Gasteiger partial charge on any atom is -0.493 e. The van der Waals surface area contributed by atoms with E-state index in [0.29, 0.717) is 35.0 Å². The minimum atomic E-state index is -0.0834. The van der Waals surface area contributed by atoms with E-state index in [4.69, 9.17) is 16.3 Å². The zero-order valence-corrected chi connectivity index (χ0v) is 14.9. The number of rotatable bonds is 5. The largest absolute Gasteiger partial charge is 0.493 e. The molecule has 1 amide bonds. The van der Waals surface area contributed by atoms with Crippen LogP contribution in [0.3, 0.4) is 0 Å². The zero-order chi connectivity index (χ0) is 15.5. The Morgan fingerprint density at radius 3 is 2.70 bits per heavy atom. The Kier molecular flexibility index (Phi) is 6.57. The van der Waals surface area contributed by atoms with Gasteiger partial charge in [-0.25, -0.2) is 0 Å². The van der Waals surface area contributed by atoms with Crippen molar-refractivity contribution in [2.45, 2.75) is 57.2 Å². The Morgan fingerprint density at radius 1 is 1.35 bits per heavy atom. The molecular weight excluding hydrogens is 335 g/mol. The van der Waals surface area contributed by atoms with Crippen molar-refractivity contribution in [2.75, 3.05) is 6.61 Å².